The molecule has 1 aromatic rings. The van der Waals surface area contributed by atoms with Gasteiger partial charge in [-0.05, 0) is 12.8 Å². The van der Waals surface area contributed by atoms with Gasteiger partial charge in [0.05, 0.1) is 18.6 Å². The standard InChI is InChI=1S/C15H21N5O4S/c21-13(22)7-19-6-11(17-18-19)5-16-14(23)12-8-25-9-20(12)15(24)10-3-1-2-4-10/h6,10,12H,1-5,7-9H2,(H,16,23)(H,21,22). The lowest BCUT2D eigenvalue weighted by molar-refractivity contribution is -0.141. The van der Waals surface area contributed by atoms with Crippen molar-refractivity contribution in [2.45, 2.75) is 44.8 Å². The molecule has 9 nitrogen and oxygen atoms in total. The maximum Gasteiger partial charge on any atom is 0.325 e. The van der Waals surface area contributed by atoms with Crippen LogP contribution in [0.1, 0.15) is 31.4 Å². The average Bonchev–Trinajstić information content (AvgIpc) is 3.32. The first-order valence-electron chi connectivity index (χ1n) is 8.31. The summed E-state index contributed by atoms with van der Waals surface area (Å²) in [6.07, 6.45) is 5.49. The van der Waals surface area contributed by atoms with Gasteiger partial charge in [0.25, 0.3) is 0 Å². The smallest absolute Gasteiger partial charge is 0.325 e. The van der Waals surface area contributed by atoms with E-state index in [1.165, 1.54) is 10.9 Å². The van der Waals surface area contributed by atoms with Gasteiger partial charge in [-0.15, -0.1) is 16.9 Å². The Morgan fingerprint density at radius 2 is 2.08 bits per heavy atom. The molecule has 0 bridgehead atoms. The van der Waals surface area contributed by atoms with Crippen LogP contribution in [-0.2, 0) is 27.5 Å². The average molecular weight is 367 g/mol. The molecule has 10 heteroatoms. The number of nitrogens with one attached hydrogen (secondary N) is 1. The zero-order valence-electron chi connectivity index (χ0n) is 13.8. The van der Waals surface area contributed by atoms with E-state index in [4.69, 9.17) is 5.11 Å². The minimum atomic E-state index is -1.01. The Balaban J connectivity index is 1.54. The van der Waals surface area contributed by atoms with Crippen molar-refractivity contribution in [2.75, 3.05) is 11.6 Å². The van der Waals surface area contributed by atoms with Crippen molar-refractivity contribution >= 4 is 29.5 Å². The monoisotopic (exact) mass is 367 g/mol. The van der Waals surface area contributed by atoms with Crippen LogP contribution in [0.15, 0.2) is 6.20 Å². The van der Waals surface area contributed by atoms with Crippen molar-refractivity contribution in [1.29, 1.82) is 0 Å². The number of hydrogen-bond acceptors (Lipinski definition) is 6. The number of carboxylic acid groups (broad SMARTS) is 1. The fourth-order valence-electron chi connectivity index (χ4n) is 3.22. The number of carboxylic acids is 1. The van der Waals surface area contributed by atoms with E-state index in [-0.39, 0.29) is 30.8 Å². The van der Waals surface area contributed by atoms with Gasteiger partial charge in [-0.25, -0.2) is 4.68 Å². The molecule has 0 aromatic carbocycles. The highest BCUT2D eigenvalue weighted by Gasteiger charge is 2.38. The van der Waals surface area contributed by atoms with Crippen LogP contribution in [-0.4, -0.2) is 60.5 Å². The first kappa shape index (κ1) is 17.7. The number of carbonyl (C=O) groups excluding carboxylic acids is 2. The Kier molecular flexibility index (Phi) is 5.57. The minimum Gasteiger partial charge on any atom is -0.480 e. The van der Waals surface area contributed by atoms with Crippen molar-refractivity contribution in [3.05, 3.63) is 11.9 Å². The molecule has 3 rings (SSSR count). The molecule has 1 saturated heterocycles. The van der Waals surface area contributed by atoms with E-state index < -0.39 is 12.0 Å². The zero-order valence-corrected chi connectivity index (χ0v) is 14.6. The largest absolute Gasteiger partial charge is 0.480 e. The van der Waals surface area contributed by atoms with E-state index in [0.29, 0.717) is 17.3 Å². The molecule has 1 aliphatic carbocycles. The molecule has 0 spiro atoms. The maximum atomic E-state index is 12.6. The van der Waals surface area contributed by atoms with Crippen LogP contribution in [0, 0.1) is 5.92 Å². The molecule has 2 amide bonds. The third kappa shape index (κ3) is 4.30. The molecule has 1 aromatic heterocycles. The van der Waals surface area contributed by atoms with Crippen LogP contribution in [0.4, 0.5) is 0 Å². The van der Waals surface area contributed by atoms with Crippen molar-refractivity contribution in [3.63, 3.8) is 0 Å². The summed E-state index contributed by atoms with van der Waals surface area (Å²) < 4.78 is 1.20. The SMILES string of the molecule is O=C(O)Cn1cc(CNC(=O)C2CSCN2C(=O)C2CCCC2)nn1. The van der Waals surface area contributed by atoms with E-state index in [0.717, 1.165) is 25.7 Å². The lowest BCUT2D eigenvalue weighted by Gasteiger charge is -2.25. The Hall–Kier alpha value is -2.10. The molecule has 25 heavy (non-hydrogen) atoms. The van der Waals surface area contributed by atoms with E-state index in [1.807, 2.05) is 0 Å². The lowest BCUT2D eigenvalue weighted by Crippen LogP contribution is -2.48. The van der Waals surface area contributed by atoms with Gasteiger partial charge in [-0.3, -0.25) is 14.4 Å². The highest BCUT2D eigenvalue weighted by molar-refractivity contribution is 7.99. The topological polar surface area (TPSA) is 117 Å². The summed E-state index contributed by atoms with van der Waals surface area (Å²) in [4.78, 5) is 37.4. The number of amides is 2. The van der Waals surface area contributed by atoms with Gasteiger partial charge in [-0.2, -0.15) is 0 Å². The summed E-state index contributed by atoms with van der Waals surface area (Å²) >= 11 is 1.59. The van der Waals surface area contributed by atoms with Gasteiger partial charge < -0.3 is 15.3 Å². The van der Waals surface area contributed by atoms with Gasteiger partial charge in [0.2, 0.25) is 11.8 Å². The van der Waals surface area contributed by atoms with Gasteiger partial charge in [-0.1, -0.05) is 18.1 Å². The molecule has 1 atom stereocenters. The second kappa shape index (κ2) is 7.85. The lowest BCUT2D eigenvalue weighted by atomic mass is 10.1. The van der Waals surface area contributed by atoms with Gasteiger partial charge in [0, 0.05) is 11.7 Å². The third-order valence-corrected chi connectivity index (χ3v) is 5.51. The van der Waals surface area contributed by atoms with Crippen LogP contribution in [0.3, 0.4) is 0 Å². The molecule has 2 N–H and O–H groups in total. The highest BCUT2D eigenvalue weighted by atomic mass is 32.2. The van der Waals surface area contributed by atoms with Crippen LogP contribution < -0.4 is 5.32 Å². The van der Waals surface area contributed by atoms with Crippen LogP contribution in [0.5, 0.6) is 0 Å². The van der Waals surface area contributed by atoms with Crippen molar-refractivity contribution < 1.29 is 19.5 Å². The number of nitrogens with zero attached hydrogens (tertiary/aromatic N) is 4. The van der Waals surface area contributed by atoms with Crippen molar-refractivity contribution in [2.24, 2.45) is 5.92 Å². The van der Waals surface area contributed by atoms with Crippen LogP contribution >= 0.6 is 11.8 Å². The quantitative estimate of drug-likeness (QED) is 0.730. The molecule has 1 aliphatic heterocycles. The fourth-order valence-corrected chi connectivity index (χ4v) is 4.38. The van der Waals surface area contributed by atoms with Gasteiger partial charge in [0.1, 0.15) is 18.3 Å². The van der Waals surface area contributed by atoms with Gasteiger partial charge in [0.15, 0.2) is 0 Å². The summed E-state index contributed by atoms with van der Waals surface area (Å²) in [6.45, 7) is -0.116. The second-order valence-corrected chi connectivity index (χ2v) is 7.32. The van der Waals surface area contributed by atoms with E-state index >= 15 is 0 Å². The molecule has 136 valence electrons. The predicted molar refractivity (Wildman–Crippen MR) is 89.4 cm³/mol. The Bertz CT molecular complexity index is 658. The summed E-state index contributed by atoms with van der Waals surface area (Å²) in [6, 6.07) is -0.452. The van der Waals surface area contributed by atoms with E-state index in [1.54, 1.807) is 16.7 Å². The fraction of sp³-hybridized carbons (Fsp3) is 0.667. The van der Waals surface area contributed by atoms with Crippen LogP contribution in [0.2, 0.25) is 0 Å². The molecule has 2 fully saturated rings. The number of aromatic nitrogens is 3. The summed E-state index contributed by atoms with van der Waals surface area (Å²) in [5, 5.41) is 19.0. The maximum absolute atomic E-state index is 12.6. The Labute approximate surface area is 149 Å². The Morgan fingerprint density at radius 1 is 1.32 bits per heavy atom. The van der Waals surface area contributed by atoms with Crippen molar-refractivity contribution in [3.8, 4) is 0 Å². The number of hydrogen-bond donors (Lipinski definition) is 2. The second-order valence-electron chi connectivity index (χ2n) is 6.32. The van der Waals surface area contributed by atoms with E-state index in [2.05, 4.69) is 15.6 Å². The Morgan fingerprint density at radius 3 is 2.80 bits per heavy atom. The molecule has 2 heterocycles. The molecule has 0 radical (unpaired) electrons. The number of rotatable bonds is 6. The molecule has 1 saturated carbocycles. The predicted octanol–water partition coefficient (Wildman–Crippen LogP) is 0.0706. The summed E-state index contributed by atoms with van der Waals surface area (Å²) in [7, 11) is 0. The first-order valence-corrected chi connectivity index (χ1v) is 9.47. The minimum absolute atomic E-state index is 0.0601. The highest BCUT2D eigenvalue weighted by Crippen LogP contribution is 2.30. The number of aliphatic carboxylic acids is 1. The van der Waals surface area contributed by atoms with E-state index in [9.17, 15) is 14.4 Å². The first-order chi connectivity index (χ1) is 12.0. The molecular formula is C15H21N5O4S. The number of carbonyl (C=O) groups is 3. The molecular weight excluding hydrogens is 346 g/mol. The molecule has 2 aliphatic rings. The van der Waals surface area contributed by atoms with Crippen LogP contribution in [0.25, 0.3) is 0 Å². The zero-order chi connectivity index (χ0) is 17.8. The summed E-state index contributed by atoms with van der Waals surface area (Å²) in [5.74, 6) is 0.0896. The van der Waals surface area contributed by atoms with Crippen molar-refractivity contribution in [1.82, 2.24) is 25.2 Å². The van der Waals surface area contributed by atoms with Gasteiger partial charge >= 0.3 is 5.97 Å². The molecule has 1 unspecified atom stereocenters. The normalized spacial score (nSPS) is 20.8. The summed E-state index contributed by atoms with van der Waals surface area (Å²) in [5.41, 5.74) is 0.480. The number of thioether (sulfide) groups is 1. The third-order valence-electron chi connectivity index (χ3n) is 4.50.